The zero-order chi connectivity index (χ0) is 13.7. The summed E-state index contributed by atoms with van der Waals surface area (Å²) < 4.78 is 1.73. The summed E-state index contributed by atoms with van der Waals surface area (Å²) in [4.78, 5) is 19.6. The van der Waals surface area contributed by atoms with Crippen molar-refractivity contribution < 1.29 is 0 Å². The number of aromatic amines is 1. The first kappa shape index (κ1) is 11.9. The van der Waals surface area contributed by atoms with E-state index in [-0.39, 0.29) is 5.56 Å². The highest BCUT2D eigenvalue weighted by atomic mass is 16.1. The quantitative estimate of drug-likeness (QED) is 0.908. The predicted octanol–water partition coefficient (Wildman–Crippen LogP) is 2.07. The van der Waals surface area contributed by atoms with E-state index in [2.05, 4.69) is 10.1 Å². The van der Waals surface area contributed by atoms with E-state index in [0.717, 1.165) is 23.0 Å². The molecule has 5 nitrogen and oxygen atoms in total. The monoisotopic (exact) mass is 270 g/mol. The second-order valence-corrected chi connectivity index (χ2v) is 6.20. The van der Waals surface area contributed by atoms with Crippen molar-refractivity contribution in [3.8, 4) is 11.3 Å². The molecule has 0 aliphatic heterocycles. The first-order valence-corrected chi connectivity index (χ1v) is 7.29. The van der Waals surface area contributed by atoms with Crippen LogP contribution in [0, 0.1) is 11.8 Å². The van der Waals surface area contributed by atoms with Crippen molar-refractivity contribution in [2.75, 3.05) is 0 Å². The van der Waals surface area contributed by atoms with Gasteiger partial charge in [0.25, 0.3) is 5.56 Å². The summed E-state index contributed by atoms with van der Waals surface area (Å²) in [5.74, 6) is 2.88. The minimum atomic E-state index is -0.0587. The van der Waals surface area contributed by atoms with E-state index in [4.69, 9.17) is 4.98 Å². The topological polar surface area (TPSA) is 63.6 Å². The molecule has 2 bridgehead atoms. The summed E-state index contributed by atoms with van der Waals surface area (Å²) in [6.45, 7) is 0. The molecule has 3 unspecified atom stereocenters. The van der Waals surface area contributed by atoms with E-state index in [9.17, 15) is 4.79 Å². The van der Waals surface area contributed by atoms with Crippen molar-refractivity contribution in [1.82, 2.24) is 19.7 Å². The largest absolute Gasteiger partial charge is 0.310 e. The zero-order valence-corrected chi connectivity index (χ0v) is 11.5. The highest BCUT2D eigenvalue weighted by Gasteiger charge is 2.41. The van der Waals surface area contributed by atoms with E-state index in [1.807, 2.05) is 13.2 Å². The van der Waals surface area contributed by atoms with Gasteiger partial charge in [-0.3, -0.25) is 9.48 Å². The second kappa shape index (κ2) is 4.30. The van der Waals surface area contributed by atoms with Crippen LogP contribution in [0.4, 0.5) is 0 Å². The standard InChI is InChI=1S/C15H18N4O/c1-19-8-11(7-16-19)13-6-14(20)18-15(17-13)12-5-9-2-3-10(12)4-9/h6-10,12H,2-5H2,1H3,(H,17,18,20). The van der Waals surface area contributed by atoms with Gasteiger partial charge in [-0.1, -0.05) is 6.42 Å². The lowest BCUT2D eigenvalue weighted by Gasteiger charge is -2.20. The maximum absolute atomic E-state index is 11.9. The van der Waals surface area contributed by atoms with Crippen LogP contribution in [-0.4, -0.2) is 19.7 Å². The fourth-order valence-corrected chi connectivity index (χ4v) is 3.93. The van der Waals surface area contributed by atoms with Crippen molar-refractivity contribution >= 4 is 0 Å². The number of hydrogen-bond donors (Lipinski definition) is 1. The van der Waals surface area contributed by atoms with Crippen LogP contribution in [0.3, 0.4) is 0 Å². The number of aryl methyl sites for hydroxylation is 1. The highest BCUT2D eigenvalue weighted by Crippen LogP contribution is 2.52. The van der Waals surface area contributed by atoms with Crippen molar-refractivity contribution in [2.45, 2.75) is 31.6 Å². The second-order valence-electron chi connectivity index (χ2n) is 6.20. The van der Waals surface area contributed by atoms with Crippen LogP contribution in [0.1, 0.15) is 37.4 Å². The van der Waals surface area contributed by atoms with E-state index >= 15 is 0 Å². The van der Waals surface area contributed by atoms with Crippen LogP contribution < -0.4 is 5.56 Å². The van der Waals surface area contributed by atoms with Crippen molar-refractivity contribution in [3.05, 3.63) is 34.6 Å². The summed E-state index contributed by atoms with van der Waals surface area (Å²) in [7, 11) is 1.87. The Morgan fingerprint density at radius 2 is 2.25 bits per heavy atom. The van der Waals surface area contributed by atoms with Crippen molar-refractivity contribution in [1.29, 1.82) is 0 Å². The average Bonchev–Trinajstić information content (AvgIpc) is 3.13. The lowest BCUT2D eigenvalue weighted by atomic mass is 9.88. The lowest BCUT2D eigenvalue weighted by molar-refractivity contribution is 0.405. The molecule has 4 rings (SSSR count). The Kier molecular flexibility index (Phi) is 2.55. The molecule has 2 heterocycles. The Morgan fingerprint density at radius 3 is 2.90 bits per heavy atom. The summed E-state index contributed by atoms with van der Waals surface area (Å²) >= 11 is 0. The van der Waals surface area contributed by atoms with Gasteiger partial charge in [0.2, 0.25) is 0 Å². The van der Waals surface area contributed by atoms with E-state index in [1.54, 1.807) is 16.9 Å². The fraction of sp³-hybridized carbons (Fsp3) is 0.533. The van der Waals surface area contributed by atoms with E-state index in [0.29, 0.717) is 11.8 Å². The number of nitrogens with zero attached hydrogens (tertiary/aromatic N) is 3. The smallest absolute Gasteiger partial charge is 0.251 e. The number of aromatic nitrogens is 4. The highest BCUT2D eigenvalue weighted by molar-refractivity contribution is 5.56. The van der Waals surface area contributed by atoms with Crippen molar-refractivity contribution in [2.24, 2.45) is 18.9 Å². The minimum Gasteiger partial charge on any atom is -0.310 e. The van der Waals surface area contributed by atoms with Gasteiger partial charge in [0.05, 0.1) is 11.9 Å². The first-order chi connectivity index (χ1) is 9.69. The normalized spacial score (nSPS) is 28.1. The Bertz CT molecular complexity index is 702. The third-order valence-electron chi connectivity index (χ3n) is 4.85. The third-order valence-corrected chi connectivity index (χ3v) is 4.85. The molecule has 3 atom stereocenters. The molecule has 1 N–H and O–H groups in total. The first-order valence-electron chi connectivity index (χ1n) is 7.29. The molecule has 2 saturated carbocycles. The summed E-state index contributed by atoms with van der Waals surface area (Å²) in [6, 6.07) is 1.56. The molecule has 0 aromatic carbocycles. The molecule has 2 aromatic heterocycles. The maximum Gasteiger partial charge on any atom is 0.251 e. The lowest BCUT2D eigenvalue weighted by Crippen LogP contribution is -2.18. The Balaban J connectivity index is 1.74. The number of nitrogens with one attached hydrogen (secondary N) is 1. The van der Waals surface area contributed by atoms with Gasteiger partial charge in [-0.2, -0.15) is 5.10 Å². The zero-order valence-electron chi connectivity index (χ0n) is 11.5. The van der Waals surface area contributed by atoms with Gasteiger partial charge < -0.3 is 4.98 Å². The molecule has 0 amide bonds. The number of hydrogen-bond acceptors (Lipinski definition) is 3. The van der Waals surface area contributed by atoms with Gasteiger partial charge in [-0.25, -0.2) is 4.98 Å². The average molecular weight is 270 g/mol. The molecule has 0 spiro atoms. The Labute approximate surface area is 117 Å². The number of fused-ring (bicyclic) bond motifs is 2. The molecule has 0 radical (unpaired) electrons. The van der Waals surface area contributed by atoms with Crippen molar-refractivity contribution in [3.63, 3.8) is 0 Å². The predicted molar refractivity (Wildman–Crippen MR) is 75.2 cm³/mol. The van der Waals surface area contributed by atoms with Crippen LogP contribution in [0.15, 0.2) is 23.3 Å². The summed E-state index contributed by atoms with van der Waals surface area (Å²) in [6.07, 6.45) is 8.79. The fourth-order valence-electron chi connectivity index (χ4n) is 3.93. The van der Waals surface area contributed by atoms with Gasteiger partial charge in [-0.15, -0.1) is 0 Å². The molecule has 104 valence electrons. The molecule has 0 saturated heterocycles. The minimum absolute atomic E-state index is 0.0587. The molecule has 2 aliphatic rings. The van der Waals surface area contributed by atoms with Crippen LogP contribution in [0.2, 0.25) is 0 Å². The van der Waals surface area contributed by atoms with E-state index in [1.165, 1.54) is 25.7 Å². The SMILES string of the molecule is Cn1cc(-c2cc(=O)[nH]c(C3CC4CCC3C4)n2)cn1. The molecule has 2 fully saturated rings. The Hall–Kier alpha value is -1.91. The molecule has 20 heavy (non-hydrogen) atoms. The molecule has 2 aromatic rings. The molecule has 2 aliphatic carbocycles. The van der Waals surface area contributed by atoms with Gasteiger partial charge in [-0.05, 0) is 31.1 Å². The van der Waals surface area contributed by atoms with Crippen LogP contribution in [-0.2, 0) is 7.05 Å². The summed E-state index contributed by atoms with van der Waals surface area (Å²) in [5, 5.41) is 4.15. The Morgan fingerprint density at radius 1 is 1.35 bits per heavy atom. The van der Waals surface area contributed by atoms with E-state index < -0.39 is 0 Å². The van der Waals surface area contributed by atoms with Gasteiger partial charge >= 0.3 is 0 Å². The van der Waals surface area contributed by atoms with Gasteiger partial charge in [0.1, 0.15) is 5.82 Å². The third kappa shape index (κ3) is 1.88. The molecular weight excluding hydrogens is 252 g/mol. The maximum atomic E-state index is 11.9. The van der Waals surface area contributed by atoms with Gasteiger partial charge in [0, 0.05) is 30.8 Å². The molecule has 5 heteroatoms. The van der Waals surface area contributed by atoms with Crippen LogP contribution in [0.25, 0.3) is 11.3 Å². The summed E-state index contributed by atoms with van der Waals surface area (Å²) in [5.41, 5.74) is 1.58. The number of rotatable bonds is 2. The van der Waals surface area contributed by atoms with Crippen LogP contribution in [0.5, 0.6) is 0 Å². The molecular formula is C15H18N4O. The number of H-pyrrole nitrogens is 1. The van der Waals surface area contributed by atoms with Crippen LogP contribution >= 0.6 is 0 Å². The van der Waals surface area contributed by atoms with Gasteiger partial charge in [0.15, 0.2) is 0 Å².